The number of hydrogen-bond donors (Lipinski definition) is 0. The lowest BCUT2D eigenvalue weighted by Gasteiger charge is -2.37. The van der Waals surface area contributed by atoms with Crippen LogP contribution >= 0.6 is 0 Å². The molecular formula is C20H28N2O3. The van der Waals surface area contributed by atoms with Crippen LogP contribution in [0.2, 0.25) is 0 Å². The molecule has 0 aromatic heterocycles. The molecule has 1 aromatic rings. The molecule has 0 radical (unpaired) electrons. The zero-order chi connectivity index (χ0) is 17.8. The summed E-state index contributed by atoms with van der Waals surface area (Å²) in [4.78, 5) is 28.7. The van der Waals surface area contributed by atoms with E-state index in [4.69, 9.17) is 4.74 Å². The fourth-order valence-electron chi connectivity index (χ4n) is 3.90. The summed E-state index contributed by atoms with van der Waals surface area (Å²) in [5.74, 6) is 0.208. The van der Waals surface area contributed by atoms with Crippen molar-refractivity contribution in [3.05, 3.63) is 29.8 Å². The smallest absolute Gasteiger partial charge is 0.308 e. The molecule has 2 aliphatic heterocycles. The quantitative estimate of drug-likeness (QED) is 0.791. The number of likely N-dealkylation sites (tertiary alicyclic amines) is 1. The molecule has 25 heavy (non-hydrogen) atoms. The van der Waals surface area contributed by atoms with Crippen LogP contribution < -0.4 is 4.90 Å². The molecule has 0 unspecified atom stereocenters. The minimum atomic E-state index is -0.140. The number of hydrogen-bond acceptors (Lipinski definition) is 4. The summed E-state index contributed by atoms with van der Waals surface area (Å²) in [5, 5.41) is 0. The van der Waals surface area contributed by atoms with E-state index in [0.717, 1.165) is 38.8 Å². The molecular weight excluding hydrogens is 316 g/mol. The lowest BCUT2D eigenvalue weighted by molar-refractivity contribution is -0.149. The number of nitrogens with zero attached hydrogens (tertiary/aromatic N) is 2. The Morgan fingerprint density at radius 1 is 0.920 bits per heavy atom. The highest BCUT2D eigenvalue weighted by Crippen LogP contribution is 2.27. The molecule has 0 atom stereocenters. The first-order valence-corrected chi connectivity index (χ1v) is 9.26. The van der Waals surface area contributed by atoms with E-state index in [9.17, 15) is 9.59 Å². The Labute approximate surface area is 149 Å². The predicted molar refractivity (Wildman–Crippen MR) is 97.4 cm³/mol. The topological polar surface area (TPSA) is 49.9 Å². The van der Waals surface area contributed by atoms with Crippen molar-refractivity contribution in [2.24, 2.45) is 11.8 Å². The Balaban J connectivity index is 1.49. The fourth-order valence-corrected chi connectivity index (χ4v) is 3.90. The fraction of sp³-hybridized carbons (Fsp3) is 0.600. The van der Waals surface area contributed by atoms with Crippen molar-refractivity contribution >= 4 is 17.6 Å². The second-order valence-corrected chi connectivity index (χ2v) is 7.22. The second-order valence-electron chi connectivity index (χ2n) is 7.22. The molecule has 0 bridgehead atoms. The van der Waals surface area contributed by atoms with E-state index in [1.54, 1.807) is 0 Å². The molecule has 2 aliphatic rings. The molecule has 136 valence electrons. The largest absolute Gasteiger partial charge is 0.469 e. The number of ether oxygens (including phenoxy) is 1. The van der Waals surface area contributed by atoms with Gasteiger partial charge in [0.15, 0.2) is 0 Å². The van der Waals surface area contributed by atoms with Crippen molar-refractivity contribution in [1.82, 2.24) is 4.90 Å². The SMILES string of the molecule is COC(=O)C1CCN(C(=O)C2CCN(c3ccc(C)cc3)CC2)CC1. The number of esters is 1. The van der Waals surface area contributed by atoms with Crippen LogP contribution in [0.5, 0.6) is 0 Å². The van der Waals surface area contributed by atoms with Crippen LogP contribution in [0.15, 0.2) is 24.3 Å². The van der Waals surface area contributed by atoms with Crippen LogP contribution in [0.1, 0.15) is 31.2 Å². The van der Waals surface area contributed by atoms with E-state index < -0.39 is 0 Å². The first-order valence-electron chi connectivity index (χ1n) is 9.26. The van der Waals surface area contributed by atoms with Crippen LogP contribution in [-0.2, 0) is 14.3 Å². The summed E-state index contributed by atoms with van der Waals surface area (Å²) < 4.78 is 4.82. The molecule has 0 aliphatic carbocycles. The summed E-state index contributed by atoms with van der Waals surface area (Å²) in [6.45, 7) is 5.31. The van der Waals surface area contributed by atoms with Gasteiger partial charge in [-0.1, -0.05) is 17.7 Å². The zero-order valence-electron chi connectivity index (χ0n) is 15.2. The standard InChI is InChI=1S/C20H28N2O3/c1-15-3-5-18(6-4-15)21-11-7-16(8-12-21)19(23)22-13-9-17(10-14-22)20(24)25-2/h3-6,16-17H,7-14H2,1-2H3. The highest BCUT2D eigenvalue weighted by molar-refractivity contribution is 5.80. The molecule has 5 heteroatoms. The van der Waals surface area contributed by atoms with Crippen LogP contribution in [-0.4, -0.2) is 50.1 Å². The van der Waals surface area contributed by atoms with E-state index in [2.05, 4.69) is 36.1 Å². The number of carbonyl (C=O) groups is 2. The summed E-state index contributed by atoms with van der Waals surface area (Å²) in [6.07, 6.45) is 3.26. The third-order valence-electron chi connectivity index (χ3n) is 5.58. The lowest BCUT2D eigenvalue weighted by atomic mass is 9.92. The predicted octanol–water partition coefficient (Wildman–Crippen LogP) is 2.62. The summed E-state index contributed by atoms with van der Waals surface area (Å²) in [5.41, 5.74) is 2.51. The van der Waals surface area contributed by atoms with Gasteiger partial charge in [0.1, 0.15) is 0 Å². The highest BCUT2D eigenvalue weighted by Gasteiger charge is 2.32. The van der Waals surface area contributed by atoms with Crippen molar-refractivity contribution in [2.45, 2.75) is 32.6 Å². The number of amides is 1. The van der Waals surface area contributed by atoms with Crippen molar-refractivity contribution < 1.29 is 14.3 Å². The number of methoxy groups -OCH3 is 1. The highest BCUT2D eigenvalue weighted by atomic mass is 16.5. The third kappa shape index (κ3) is 4.14. The first-order chi connectivity index (χ1) is 12.1. The zero-order valence-corrected chi connectivity index (χ0v) is 15.2. The number of anilines is 1. The van der Waals surface area contributed by atoms with Gasteiger partial charge in [-0.25, -0.2) is 0 Å². The molecule has 0 spiro atoms. The minimum Gasteiger partial charge on any atom is -0.469 e. The second kappa shape index (κ2) is 7.89. The molecule has 2 heterocycles. The van der Waals surface area contributed by atoms with Gasteiger partial charge >= 0.3 is 5.97 Å². The Morgan fingerprint density at radius 2 is 1.48 bits per heavy atom. The van der Waals surface area contributed by atoms with E-state index in [-0.39, 0.29) is 23.7 Å². The van der Waals surface area contributed by atoms with Gasteiger partial charge in [-0.15, -0.1) is 0 Å². The Bertz CT molecular complexity index is 598. The van der Waals surface area contributed by atoms with Crippen molar-refractivity contribution in [1.29, 1.82) is 0 Å². The van der Waals surface area contributed by atoms with Crippen molar-refractivity contribution in [2.75, 3.05) is 38.2 Å². The van der Waals surface area contributed by atoms with Crippen LogP contribution in [0, 0.1) is 18.8 Å². The molecule has 1 aromatic carbocycles. The number of benzene rings is 1. The van der Waals surface area contributed by atoms with Crippen molar-refractivity contribution in [3.8, 4) is 0 Å². The number of rotatable bonds is 3. The van der Waals surface area contributed by atoms with Gasteiger partial charge in [-0.05, 0) is 44.7 Å². The molecule has 3 rings (SSSR count). The average molecular weight is 344 g/mol. The minimum absolute atomic E-state index is 0.0440. The van der Waals surface area contributed by atoms with E-state index in [1.807, 2.05) is 4.90 Å². The van der Waals surface area contributed by atoms with Crippen LogP contribution in [0.25, 0.3) is 0 Å². The van der Waals surface area contributed by atoms with Gasteiger partial charge in [0.05, 0.1) is 13.0 Å². The van der Waals surface area contributed by atoms with Gasteiger partial charge in [0.2, 0.25) is 5.91 Å². The Hall–Kier alpha value is -2.04. The summed E-state index contributed by atoms with van der Waals surface area (Å²) in [7, 11) is 1.43. The molecule has 5 nitrogen and oxygen atoms in total. The first kappa shape index (κ1) is 17.8. The van der Waals surface area contributed by atoms with Gasteiger partial charge < -0.3 is 14.5 Å². The van der Waals surface area contributed by atoms with E-state index in [0.29, 0.717) is 13.1 Å². The molecule has 2 fully saturated rings. The molecule has 0 N–H and O–H groups in total. The summed E-state index contributed by atoms with van der Waals surface area (Å²) >= 11 is 0. The Morgan fingerprint density at radius 3 is 2.04 bits per heavy atom. The monoisotopic (exact) mass is 344 g/mol. The molecule has 1 amide bonds. The Kier molecular flexibility index (Phi) is 5.61. The average Bonchev–Trinajstić information content (AvgIpc) is 2.67. The maximum Gasteiger partial charge on any atom is 0.308 e. The van der Waals surface area contributed by atoms with Crippen molar-refractivity contribution in [3.63, 3.8) is 0 Å². The van der Waals surface area contributed by atoms with E-state index >= 15 is 0 Å². The molecule has 0 saturated carbocycles. The van der Waals surface area contributed by atoms with Gasteiger partial charge in [-0.2, -0.15) is 0 Å². The number of carbonyl (C=O) groups excluding carboxylic acids is 2. The molecule has 2 saturated heterocycles. The van der Waals surface area contributed by atoms with Gasteiger partial charge in [0.25, 0.3) is 0 Å². The normalized spacial score (nSPS) is 19.8. The summed E-state index contributed by atoms with van der Waals surface area (Å²) in [6, 6.07) is 8.60. The van der Waals surface area contributed by atoms with Gasteiger partial charge in [-0.3, -0.25) is 9.59 Å². The number of piperidine rings is 2. The van der Waals surface area contributed by atoms with Crippen LogP contribution in [0.3, 0.4) is 0 Å². The third-order valence-corrected chi connectivity index (χ3v) is 5.58. The van der Waals surface area contributed by atoms with Gasteiger partial charge in [0, 0.05) is 37.8 Å². The lowest BCUT2D eigenvalue weighted by Crippen LogP contribution is -2.46. The maximum atomic E-state index is 12.8. The number of aryl methyl sites for hydroxylation is 1. The maximum absolute atomic E-state index is 12.8. The van der Waals surface area contributed by atoms with E-state index in [1.165, 1.54) is 18.4 Å². The van der Waals surface area contributed by atoms with Crippen LogP contribution in [0.4, 0.5) is 5.69 Å².